The van der Waals surface area contributed by atoms with Gasteiger partial charge in [0, 0.05) is 0 Å². The molecule has 0 aliphatic carbocycles. The van der Waals surface area contributed by atoms with Crippen LogP contribution in [0.5, 0.6) is 0 Å². The third-order valence-electron chi connectivity index (χ3n) is 1.57. The second-order valence-electron chi connectivity index (χ2n) is 2.71. The van der Waals surface area contributed by atoms with E-state index in [1.807, 2.05) is 30.3 Å². The van der Waals surface area contributed by atoms with Gasteiger partial charge in [-0.15, -0.1) is 0 Å². The highest BCUT2D eigenvalue weighted by Gasteiger charge is 1.99. The molecule has 0 spiro atoms. The quantitative estimate of drug-likeness (QED) is 0.453. The van der Waals surface area contributed by atoms with Crippen LogP contribution < -0.4 is 0 Å². The van der Waals surface area contributed by atoms with E-state index in [4.69, 9.17) is 15.2 Å². The Kier molecular flexibility index (Phi) is 4.18. The Morgan fingerprint density at radius 1 is 1.43 bits per heavy atom. The Balaban J connectivity index is 2.30. The van der Waals surface area contributed by atoms with Gasteiger partial charge in [-0.1, -0.05) is 30.3 Å². The first kappa shape index (κ1) is 10.2. The van der Waals surface area contributed by atoms with E-state index in [2.05, 4.69) is 4.98 Å². The molecule has 14 heavy (non-hydrogen) atoms. The number of diazo groups is 1. The number of hydrogen-bond donors (Lipinski definition) is 1. The van der Waals surface area contributed by atoms with Crippen molar-refractivity contribution in [2.45, 2.75) is 6.61 Å². The van der Waals surface area contributed by atoms with E-state index in [9.17, 15) is 0 Å². The van der Waals surface area contributed by atoms with Crippen molar-refractivity contribution in [3.63, 3.8) is 0 Å². The summed E-state index contributed by atoms with van der Waals surface area (Å²) in [5, 5.41) is 17.1. The maximum absolute atomic E-state index is 9.01. The first-order valence-electron chi connectivity index (χ1n) is 4.17. The summed E-state index contributed by atoms with van der Waals surface area (Å²) < 4.78 is 5.14. The summed E-state index contributed by atoms with van der Waals surface area (Å²) in [5.74, 6) is -0.108. The molecule has 0 saturated heterocycles. The van der Waals surface area contributed by atoms with Gasteiger partial charge in [0.1, 0.15) is 6.61 Å². The van der Waals surface area contributed by atoms with Gasteiger partial charge in [0.05, 0.1) is 6.61 Å². The Morgan fingerprint density at radius 3 is 2.79 bits per heavy atom. The van der Waals surface area contributed by atoms with Gasteiger partial charge in [0.25, 0.3) is 0 Å². The topological polar surface area (TPSA) is 57.6 Å². The molecule has 1 aromatic rings. The molecule has 0 unspecified atom stereocenters. The van der Waals surface area contributed by atoms with Gasteiger partial charge in [-0.3, -0.25) is 0 Å². The standard InChI is InChI=1S/C10H10N2O2/c11-12-6-10(13)8-14-7-9-4-2-1-3-5-9/h1-6H,7-8H2/p+1/b10-6-/i6+1. The van der Waals surface area contributed by atoms with Crippen molar-refractivity contribution >= 4 is 0 Å². The van der Waals surface area contributed by atoms with Gasteiger partial charge < -0.3 is 9.84 Å². The van der Waals surface area contributed by atoms with Crippen LogP contribution in [0.15, 0.2) is 42.3 Å². The summed E-state index contributed by atoms with van der Waals surface area (Å²) >= 11 is 0. The predicted octanol–water partition coefficient (Wildman–Crippen LogP) is 2.46. The molecule has 1 rings (SSSR count). The molecule has 0 amide bonds. The van der Waals surface area contributed by atoms with Crippen LogP contribution in [0, 0.1) is 5.39 Å². The molecule has 0 radical (unpaired) electrons. The van der Waals surface area contributed by atoms with E-state index >= 15 is 0 Å². The Morgan fingerprint density at radius 2 is 2.14 bits per heavy atom. The third kappa shape index (κ3) is 3.70. The fourth-order valence-electron chi connectivity index (χ4n) is 0.952. The molecule has 0 aliphatic rings. The molecule has 0 aromatic heterocycles. The van der Waals surface area contributed by atoms with Gasteiger partial charge >= 0.3 is 6.20 Å². The minimum absolute atomic E-state index is 0.0406. The van der Waals surface area contributed by atoms with Gasteiger partial charge in [0.15, 0.2) is 4.98 Å². The summed E-state index contributed by atoms with van der Waals surface area (Å²) in [6, 6.07) is 9.61. The lowest BCUT2D eigenvalue weighted by molar-refractivity contribution is 0.115. The van der Waals surface area contributed by atoms with Crippen LogP contribution in [0.1, 0.15) is 5.56 Å². The van der Waals surface area contributed by atoms with Crippen molar-refractivity contribution in [2.24, 2.45) is 0 Å². The molecule has 1 N–H and O–H groups in total. The number of benzene rings is 1. The second-order valence-corrected chi connectivity index (χ2v) is 2.71. The van der Waals surface area contributed by atoms with Gasteiger partial charge in [-0.2, -0.15) is 0 Å². The molecule has 1 aromatic carbocycles. The zero-order chi connectivity index (χ0) is 10.2. The number of nitrogens with zero attached hydrogens (tertiary/aromatic N) is 2. The van der Waals surface area contributed by atoms with Crippen LogP contribution in [0.2, 0.25) is 0 Å². The SMILES string of the molecule is N#[N+]/[13CH]=C(\O)COCc1ccccc1. The average Bonchev–Trinajstić information content (AvgIpc) is 2.20. The van der Waals surface area contributed by atoms with Crippen LogP contribution in [0.25, 0.3) is 4.98 Å². The lowest BCUT2D eigenvalue weighted by Gasteiger charge is -2.01. The Hall–Kier alpha value is -1.86. The predicted molar refractivity (Wildman–Crippen MR) is 51.9 cm³/mol. The van der Waals surface area contributed by atoms with Crippen LogP contribution in [-0.4, -0.2) is 11.7 Å². The van der Waals surface area contributed by atoms with Crippen LogP contribution in [0.4, 0.5) is 0 Å². The molecule has 72 valence electrons. The molecule has 4 nitrogen and oxygen atoms in total. The summed E-state index contributed by atoms with van der Waals surface area (Å²) in [4.78, 5) is 2.67. The minimum Gasteiger partial charge on any atom is -0.504 e. The van der Waals surface area contributed by atoms with E-state index < -0.39 is 0 Å². The highest BCUT2D eigenvalue weighted by Crippen LogP contribution is 2.01. The van der Waals surface area contributed by atoms with Crippen LogP contribution in [-0.2, 0) is 11.3 Å². The molecule has 0 heterocycles. The molecule has 0 saturated carbocycles. The Labute approximate surface area is 82.1 Å². The van der Waals surface area contributed by atoms with Crippen molar-refractivity contribution in [1.82, 2.24) is 0 Å². The number of hydrogen-bond acceptors (Lipinski definition) is 3. The highest BCUT2D eigenvalue weighted by atomic mass is 16.5. The van der Waals surface area contributed by atoms with E-state index in [0.717, 1.165) is 11.8 Å². The molecule has 4 heteroatoms. The number of rotatable bonds is 4. The number of aliphatic hydroxyl groups excluding tert-OH is 1. The maximum Gasteiger partial charge on any atom is 0.389 e. The van der Waals surface area contributed by atoms with Crippen molar-refractivity contribution < 1.29 is 9.84 Å². The van der Waals surface area contributed by atoms with Crippen molar-refractivity contribution in [3.8, 4) is 0 Å². The molecular formula is C10H11N2O2+. The summed E-state index contributed by atoms with van der Waals surface area (Å²) in [5.41, 5.74) is 1.03. The highest BCUT2D eigenvalue weighted by molar-refractivity contribution is 5.13. The normalized spacial score (nSPS) is 10.9. The van der Waals surface area contributed by atoms with E-state index in [0.29, 0.717) is 6.61 Å². The van der Waals surface area contributed by atoms with Gasteiger partial charge in [-0.25, -0.2) is 0 Å². The van der Waals surface area contributed by atoms with Crippen molar-refractivity contribution in [1.29, 1.82) is 5.39 Å². The van der Waals surface area contributed by atoms with Crippen molar-refractivity contribution in [2.75, 3.05) is 6.61 Å². The molecule has 0 aliphatic heterocycles. The maximum atomic E-state index is 9.01. The van der Waals surface area contributed by atoms with E-state index in [-0.39, 0.29) is 12.4 Å². The largest absolute Gasteiger partial charge is 0.504 e. The number of aliphatic hydroxyl groups is 1. The Bertz CT molecular complexity index is 341. The van der Waals surface area contributed by atoms with Gasteiger partial charge in [-0.05, 0) is 5.56 Å². The summed E-state index contributed by atoms with van der Waals surface area (Å²) in [6.45, 7) is 0.461. The second kappa shape index (κ2) is 5.73. The first-order chi connectivity index (χ1) is 6.83. The number of ether oxygens (including phenoxy) is 1. The summed E-state index contributed by atoms with van der Waals surface area (Å²) in [6.07, 6.45) is 0.936. The zero-order valence-electron chi connectivity index (χ0n) is 7.63. The van der Waals surface area contributed by atoms with E-state index in [1.165, 1.54) is 0 Å². The minimum atomic E-state index is -0.108. The molecular weight excluding hydrogens is 181 g/mol. The van der Waals surface area contributed by atoms with Crippen LogP contribution >= 0.6 is 0 Å². The average molecular weight is 192 g/mol. The fourth-order valence-corrected chi connectivity index (χ4v) is 0.952. The first-order valence-corrected chi connectivity index (χ1v) is 4.17. The van der Waals surface area contributed by atoms with Crippen molar-refractivity contribution in [3.05, 3.63) is 52.8 Å². The molecule has 0 atom stereocenters. The monoisotopic (exact) mass is 192 g/mol. The lowest BCUT2D eigenvalue weighted by atomic mass is 10.2. The molecule has 0 bridgehead atoms. The summed E-state index contributed by atoms with van der Waals surface area (Å²) in [7, 11) is 0. The van der Waals surface area contributed by atoms with Gasteiger partial charge in [0.2, 0.25) is 11.2 Å². The third-order valence-corrected chi connectivity index (χ3v) is 1.57. The fraction of sp³-hybridized carbons (Fsp3) is 0.200. The van der Waals surface area contributed by atoms with Crippen LogP contribution in [0.3, 0.4) is 0 Å². The smallest absolute Gasteiger partial charge is 0.389 e. The van der Waals surface area contributed by atoms with E-state index in [1.54, 1.807) is 0 Å². The molecule has 0 fully saturated rings. The zero-order valence-corrected chi connectivity index (χ0v) is 7.63. The lowest BCUT2D eigenvalue weighted by Crippen LogP contribution is -1.97.